The van der Waals surface area contributed by atoms with Gasteiger partial charge in [0.25, 0.3) is 5.91 Å². The second-order valence-electron chi connectivity index (χ2n) is 7.65. The van der Waals surface area contributed by atoms with Gasteiger partial charge in [0.15, 0.2) is 0 Å². The highest BCUT2D eigenvalue weighted by atomic mass is 32.2. The van der Waals surface area contributed by atoms with E-state index in [0.717, 1.165) is 21.7 Å². The van der Waals surface area contributed by atoms with Crippen LogP contribution in [0.1, 0.15) is 31.6 Å². The lowest BCUT2D eigenvalue weighted by Gasteiger charge is -2.18. The van der Waals surface area contributed by atoms with Crippen molar-refractivity contribution in [2.24, 2.45) is 0 Å². The minimum atomic E-state index is -0.417. The Morgan fingerprint density at radius 1 is 0.788 bits per heavy atom. The average molecular weight is 473 g/mol. The van der Waals surface area contributed by atoms with Gasteiger partial charge >= 0.3 is 0 Å². The zero-order chi connectivity index (χ0) is 23.2. The second-order valence-corrected chi connectivity index (χ2v) is 9.78. The van der Waals surface area contributed by atoms with E-state index in [1.807, 2.05) is 91.2 Å². The number of rotatable bonds is 7. The van der Waals surface area contributed by atoms with E-state index >= 15 is 0 Å². The SMILES string of the molecule is Cc1ccc(NC(=O)C(Sc2ccc(NC(=O)c3cccs3)cc2)c2ccccc2)cc1C. The van der Waals surface area contributed by atoms with Crippen LogP contribution in [0, 0.1) is 13.8 Å². The molecule has 0 fully saturated rings. The highest BCUT2D eigenvalue weighted by Crippen LogP contribution is 2.37. The van der Waals surface area contributed by atoms with Gasteiger partial charge in [0.2, 0.25) is 5.91 Å². The second kappa shape index (κ2) is 10.5. The Morgan fingerprint density at radius 3 is 2.18 bits per heavy atom. The summed E-state index contributed by atoms with van der Waals surface area (Å²) >= 11 is 2.88. The predicted molar refractivity (Wildman–Crippen MR) is 138 cm³/mol. The molecule has 1 atom stereocenters. The van der Waals surface area contributed by atoms with Crippen LogP contribution in [0.25, 0.3) is 0 Å². The molecule has 0 aliphatic carbocycles. The van der Waals surface area contributed by atoms with Crippen LogP contribution in [-0.2, 0) is 4.79 Å². The molecule has 1 heterocycles. The molecule has 0 saturated carbocycles. The molecule has 0 radical (unpaired) electrons. The summed E-state index contributed by atoms with van der Waals surface area (Å²) in [7, 11) is 0. The van der Waals surface area contributed by atoms with E-state index in [1.165, 1.54) is 28.7 Å². The fourth-order valence-electron chi connectivity index (χ4n) is 3.28. The number of hydrogen-bond acceptors (Lipinski definition) is 4. The summed E-state index contributed by atoms with van der Waals surface area (Å²) in [5.74, 6) is -0.204. The maximum atomic E-state index is 13.3. The van der Waals surface area contributed by atoms with Crippen molar-refractivity contribution in [2.45, 2.75) is 24.0 Å². The van der Waals surface area contributed by atoms with Gasteiger partial charge < -0.3 is 10.6 Å². The topological polar surface area (TPSA) is 58.2 Å². The molecular weight excluding hydrogens is 448 g/mol. The first kappa shape index (κ1) is 22.8. The summed E-state index contributed by atoms with van der Waals surface area (Å²) in [6.07, 6.45) is 0. The van der Waals surface area contributed by atoms with Gasteiger partial charge in [0, 0.05) is 16.3 Å². The van der Waals surface area contributed by atoms with Crippen molar-refractivity contribution in [3.63, 3.8) is 0 Å². The van der Waals surface area contributed by atoms with Crippen molar-refractivity contribution in [1.29, 1.82) is 0 Å². The fraction of sp³-hybridized carbons (Fsp3) is 0.111. The molecule has 0 saturated heterocycles. The summed E-state index contributed by atoms with van der Waals surface area (Å²) in [6.45, 7) is 4.09. The number of aryl methyl sites for hydroxylation is 2. The monoisotopic (exact) mass is 472 g/mol. The van der Waals surface area contributed by atoms with Gasteiger partial charge in [-0.2, -0.15) is 0 Å². The molecule has 166 valence electrons. The smallest absolute Gasteiger partial charge is 0.265 e. The molecule has 0 aliphatic rings. The van der Waals surface area contributed by atoms with Crippen LogP contribution in [0.4, 0.5) is 11.4 Å². The number of benzene rings is 3. The van der Waals surface area contributed by atoms with Gasteiger partial charge in [0.05, 0.1) is 4.88 Å². The van der Waals surface area contributed by atoms with Crippen LogP contribution in [-0.4, -0.2) is 11.8 Å². The quantitative estimate of drug-likeness (QED) is 0.282. The lowest BCUT2D eigenvalue weighted by atomic mass is 10.1. The van der Waals surface area contributed by atoms with Crippen LogP contribution < -0.4 is 10.6 Å². The number of amides is 2. The van der Waals surface area contributed by atoms with Crippen molar-refractivity contribution in [3.8, 4) is 0 Å². The molecule has 1 unspecified atom stereocenters. The van der Waals surface area contributed by atoms with Crippen molar-refractivity contribution >= 4 is 46.3 Å². The number of carbonyl (C=O) groups is 2. The number of carbonyl (C=O) groups excluding carboxylic acids is 2. The Bertz CT molecular complexity index is 1240. The first-order chi connectivity index (χ1) is 16.0. The van der Waals surface area contributed by atoms with Crippen molar-refractivity contribution < 1.29 is 9.59 Å². The van der Waals surface area contributed by atoms with Gasteiger partial charge in [-0.05, 0) is 78.4 Å². The number of anilines is 2. The lowest BCUT2D eigenvalue weighted by Crippen LogP contribution is -2.19. The first-order valence-corrected chi connectivity index (χ1v) is 12.3. The normalized spacial score (nSPS) is 11.6. The maximum absolute atomic E-state index is 13.3. The summed E-state index contributed by atoms with van der Waals surface area (Å²) in [4.78, 5) is 27.1. The third-order valence-corrected chi connectivity index (χ3v) is 7.36. The molecule has 4 rings (SSSR count). The zero-order valence-corrected chi connectivity index (χ0v) is 20.0. The minimum absolute atomic E-state index is 0.0791. The van der Waals surface area contributed by atoms with Crippen molar-refractivity contribution in [1.82, 2.24) is 0 Å². The van der Waals surface area contributed by atoms with Crippen molar-refractivity contribution in [3.05, 3.63) is 112 Å². The molecule has 2 amide bonds. The first-order valence-electron chi connectivity index (χ1n) is 10.5. The molecule has 4 aromatic rings. The molecule has 1 aromatic heterocycles. The molecule has 6 heteroatoms. The zero-order valence-electron chi connectivity index (χ0n) is 18.4. The van der Waals surface area contributed by atoms with Crippen LogP contribution >= 0.6 is 23.1 Å². The fourth-order valence-corrected chi connectivity index (χ4v) is 4.92. The van der Waals surface area contributed by atoms with Crippen LogP contribution in [0.15, 0.2) is 95.2 Å². The Morgan fingerprint density at radius 2 is 1.52 bits per heavy atom. The lowest BCUT2D eigenvalue weighted by molar-refractivity contribution is -0.115. The van der Waals surface area contributed by atoms with E-state index in [-0.39, 0.29) is 11.8 Å². The average Bonchev–Trinajstić information content (AvgIpc) is 3.37. The molecule has 4 nitrogen and oxygen atoms in total. The Hall–Kier alpha value is -3.35. The van der Waals surface area contributed by atoms with E-state index in [1.54, 1.807) is 6.07 Å². The number of thioether (sulfide) groups is 1. The van der Waals surface area contributed by atoms with Gasteiger partial charge in [0.1, 0.15) is 5.25 Å². The standard InChI is InChI=1S/C27H24N2O2S2/c1-18-10-11-22(17-19(18)2)29-27(31)25(20-7-4-3-5-8-20)33-23-14-12-21(13-15-23)28-26(30)24-9-6-16-32-24/h3-17,25H,1-2H3,(H,28,30)(H,29,31). The molecule has 0 aliphatic heterocycles. The number of hydrogen-bond donors (Lipinski definition) is 2. The van der Waals surface area contributed by atoms with Gasteiger partial charge in [-0.15, -0.1) is 23.1 Å². The van der Waals surface area contributed by atoms with Crippen LogP contribution in [0.2, 0.25) is 0 Å². The molecule has 2 N–H and O–H groups in total. The molecule has 0 bridgehead atoms. The Balaban J connectivity index is 1.50. The van der Waals surface area contributed by atoms with Gasteiger partial charge in [-0.1, -0.05) is 42.5 Å². The van der Waals surface area contributed by atoms with E-state index in [9.17, 15) is 9.59 Å². The number of nitrogens with one attached hydrogen (secondary N) is 2. The highest BCUT2D eigenvalue weighted by molar-refractivity contribution is 8.00. The summed E-state index contributed by atoms with van der Waals surface area (Å²) in [5, 5.41) is 7.43. The molecule has 3 aromatic carbocycles. The summed E-state index contributed by atoms with van der Waals surface area (Å²) < 4.78 is 0. The Kier molecular flexibility index (Phi) is 7.27. The molecule has 0 spiro atoms. The number of thiophene rings is 1. The van der Waals surface area contributed by atoms with E-state index < -0.39 is 5.25 Å². The molecular formula is C27H24N2O2S2. The maximum Gasteiger partial charge on any atom is 0.265 e. The minimum Gasteiger partial charge on any atom is -0.325 e. The summed E-state index contributed by atoms with van der Waals surface area (Å²) in [5.41, 5.74) is 4.76. The van der Waals surface area contributed by atoms with E-state index in [0.29, 0.717) is 10.6 Å². The third kappa shape index (κ3) is 5.92. The van der Waals surface area contributed by atoms with Crippen molar-refractivity contribution in [2.75, 3.05) is 10.6 Å². The molecule has 33 heavy (non-hydrogen) atoms. The largest absolute Gasteiger partial charge is 0.325 e. The highest BCUT2D eigenvalue weighted by Gasteiger charge is 2.22. The van der Waals surface area contributed by atoms with E-state index in [2.05, 4.69) is 17.6 Å². The summed E-state index contributed by atoms with van der Waals surface area (Å²) in [6, 6.07) is 26.9. The Labute approximate surface area is 202 Å². The predicted octanol–water partition coefficient (Wildman–Crippen LogP) is 7.09. The van der Waals surface area contributed by atoms with Crippen LogP contribution in [0.3, 0.4) is 0 Å². The third-order valence-electron chi connectivity index (χ3n) is 5.23. The van der Waals surface area contributed by atoms with Crippen LogP contribution in [0.5, 0.6) is 0 Å². The van der Waals surface area contributed by atoms with Gasteiger partial charge in [-0.25, -0.2) is 0 Å². The van der Waals surface area contributed by atoms with E-state index in [4.69, 9.17) is 0 Å². The van der Waals surface area contributed by atoms with Gasteiger partial charge in [-0.3, -0.25) is 9.59 Å².